The maximum absolute atomic E-state index is 11.4. The molecule has 1 aromatic rings. The summed E-state index contributed by atoms with van der Waals surface area (Å²) in [6.07, 6.45) is 1.93. The Morgan fingerprint density at radius 3 is 2.53 bits per heavy atom. The molecule has 2 aliphatic heterocycles. The molecule has 0 aliphatic carbocycles. The molecule has 0 amide bonds. The van der Waals surface area contributed by atoms with Crippen molar-refractivity contribution in [3.63, 3.8) is 0 Å². The van der Waals surface area contributed by atoms with Crippen molar-refractivity contribution in [3.8, 4) is 0 Å². The lowest BCUT2D eigenvalue weighted by atomic mass is 9.46. The van der Waals surface area contributed by atoms with Gasteiger partial charge in [-0.05, 0) is 13.0 Å². The number of pyridine rings is 1. The van der Waals surface area contributed by atoms with E-state index in [4.69, 9.17) is 9.31 Å². The minimum atomic E-state index is -2.11. The van der Waals surface area contributed by atoms with E-state index < -0.39 is 6.55 Å². The Morgan fingerprint density at radius 2 is 1.94 bits per heavy atom. The van der Waals surface area contributed by atoms with Gasteiger partial charge in [0.1, 0.15) is 12.8 Å². The predicted molar refractivity (Wildman–Crippen MR) is 59.0 cm³/mol. The Morgan fingerprint density at radius 1 is 1.29 bits per heavy atom. The molecule has 0 radical (unpaired) electrons. The molecule has 3 heterocycles. The second-order valence-electron chi connectivity index (χ2n) is 4.46. The molecule has 3 rings (SSSR count). The van der Waals surface area contributed by atoms with Crippen LogP contribution in [-0.2, 0) is 18.9 Å². The Bertz CT molecular complexity index is 496. The molecule has 1 aromatic heterocycles. The van der Waals surface area contributed by atoms with Crippen LogP contribution in [0.4, 0.5) is 0 Å². The molecule has 2 saturated heterocycles. The number of aromatic nitrogens is 1. The Balaban J connectivity index is 2.09. The van der Waals surface area contributed by atoms with E-state index in [0.29, 0.717) is 11.4 Å². The first-order valence-corrected chi connectivity index (χ1v) is 5.46. The summed E-state index contributed by atoms with van der Waals surface area (Å²) in [5, 5.41) is 0. The normalized spacial score (nSPS) is 21.1. The number of rotatable bonds is 1. The van der Waals surface area contributed by atoms with Gasteiger partial charge in [-0.3, -0.25) is 14.6 Å². The van der Waals surface area contributed by atoms with Crippen molar-refractivity contribution in [3.05, 3.63) is 29.7 Å². The van der Waals surface area contributed by atoms with Crippen molar-refractivity contribution in [1.82, 2.24) is 4.98 Å². The van der Waals surface area contributed by atoms with Crippen molar-refractivity contribution >= 4 is 24.1 Å². The number of carbonyl (C=O) groups excluding carboxylic acids is 2. The highest BCUT2D eigenvalue weighted by Gasteiger charge is 2.66. The largest absolute Gasteiger partial charge is 0.609 e. The highest BCUT2D eigenvalue weighted by Crippen LogP contribution is 2.39. The number of carbonyl (C=O) groups is 2. The molecule has 0 spiro atoms. The Hall–Kier alpha value is -1.98. The molecule has 2 fully saturated rings. The van der Waals surface area contributed by atoms with E-state index in [2.05, 4.69) is 4.98 Å². The molecule has 0 N–H and O–H groups in total. The third-order valence-corrected chi connectivity index (χ3v) is 3.20. The summed E-state index contributed by atoms with van der Waals surface area (Å²) in [6, 6.07) is 3.63. The molecule has 0 atom stereocenters. The van der Waals surface area contributed by atoms with E-state index in [9.17, 15) is 9.59 Å². The van der Waals surface area contributed by atoms with Gasteiger partial charge in [0.2, 0.25) is 0 Å². The third kappa shape index (κ3) is 1.40. The minimum absolute atomic E-state index is 0.154. The van der Waals surface area contributed by atoms with Gasteiger partial charge in [0.05, 0.1) is 0 Å². The standard InChI is InChI=1S/C11H10BNO4/c1-7-2-3-13-9(4-7)12-8(5-10(14)16-12)6-11(15)17-12/h2-4H,5-6H2,1H3. The maximum atomic E-state index is 11.4. The first-order chi connectivity index (χ1) is 8.10. The van der Waals surface area contributed by atoms with Crippen LogP contribution < -0.4 is 5.59 Å². The fourth-order valence-corrected chi connectivity index (χ4v) is 2.44. The average molecular weight is 231 g/mol. The predicted octanol–water partition coefficient (Wildman–Crippen LogP) is 0.0467. The van der Waals surface area contributed by atoms with Gasteiger partial charge < -0.3 is 9.31 Å². The molecule has 0 unspecified atom stereocenters. The molecular formula is C11H10BNO4. The average Bonchev–Trinajstić information content (AvgIpc) is 2.70. The van der Waals surface area contributed by atoms with Crippen LogP contribution in [0, 0.1) is 12.7 Å². The van der Waals surface area contributed by atoms with Gasteiger partial charge in [-0.1, -0.05) is 11.6 Å². The van der Waals surface area contributed by atoms with Crippen molar-refractivity contribution in [2.75, 3.05) is 0 Å². The number of aryl methyl sites for hydroxylation is 1. The van der Waals surface area contributed by atoms with Crippen LogP contribution in [0.15, 0.2) is 18.3 Å². The third-order valence-electron chi connectivity index (χ3n) is 3.20. The van der Waals surface area contributed by atoms with E-state index in [0.717, 1.165) is 5.56 Å². The fourth-order valence-electron chi connectivity index (χ4n) is 2.44. The van der Waals surface area contributed by atoms with E-state index >= 15 is 0 Å². The Kier molecular flexibility index (Phi) is 1.95. The zero-order valence-corrected chi connectivity index (χ0v) is 9.30. The van der Waals surface area contributed by atoms with Gasteiger partial charge in [-0.15, -0.1) is 0 Å². The smallest absolute Gasteiger partial charge is 0.606 e. The van der Waals surface area contributed by atoms with Crippen LogP contribution in [0.2, 0.25) is 0 Å². The monoisotopic (exact) mass is 231 g/mol. The maximum Gasteiger partial charge on any atom is 0.606 e. The van der Waals surface area contributed by atoms with Crippen LogP contribution in [-0.4, -0.2) is 23.5 Å². The lowest BCUT2D eigenvalue weighted by Crippen LogP contribution is -2.54. The number of hydrogen-bond acceptors (Lipinski definition) is 5. The van der Waals surface area contributed by atoms with Crippen LogP contribution in [0.1, 0.15) is 18.4 Å². The molecule has 17 heavy (non-hydrogen) atoms. The summed E-state index contributed by atoms with van der Waals surface area (Å²) < 4.78 is 10.5. The summed E-state index contributed by atoms with van der Waals surface area (Å²) in [7, 11) is 0. The van der Waals surface area contributed by atoms with E-state index in [-0.39, 0.29) is 24.8 Å². The first kappa shape index (κ1) is 10.2. The van der Waals surface area contributed by atoms with E-state index in [1.807, 2.05) is 13.0 Å². The van der Waals surface area contributed by atoms with Gasteiger partial charge >= 0.3 is 18.5 Å². The van der Waals surface area contributed by atoms with Gasteiger partial charge in [-0.2, -0.15) is 0 Å². The van der Waals surface area contributed by atoms with Gasteiger partial charge in [0.15, 0.2) is 0 Å². The molecule has 86 valence electrons. The van der Waals surface area contributed by atoms with Crippen LogP contribution in [0.25, 0.3) is 0 Å². The molecule has 6 heteroatoms. The second-order valence-corrected chi connectivity index (χ2v) is 4.46. The lowest BCUT2D eigenvalue weighted by molar-refractivity contribution is -0.138. The number of hydrogen-bond donors (Lipinski definition) is 0. The zero-order chi connectivity index (χ0) is 12.0. The summed E-state index contributed by atoms with van der Waals surface area (Å²) in [5.41, 5.74) is 1.51. The summed E-state index contributed by atoms with van der Waals surface area (Å²) in [5.74, 6) is 0.00436. The fraction of sp³-hybridized carbons (Fsp3) is 0.273. The first-order valence-electron chi connectivity index (χ1n) is 5.46. The number of fused-ring (bicyclic) bond motifs is 1. The van der Waals surface area contributed by atoms with Crippen LogP contribution in [0.5, 0.6) is 0 Å². The molecular weight excluding hydrogens is 221 g/mol. The Labute approximate surface area is 98.1 Å². The number of nitrogens with zero attached hydrogens (tertiary/aromatic N) is 1. The summed E-state index contributed by atoms with van der Waals surface area (Å²) >= 11 is 0. The highest BCUT2D eigenvalue weighted by atomic mass is 16.7. The van der Waals surface area contributed by atoms with Gasteiger partial charge in [0, 0.05) is 17.6 Å². The van der Waals surface area contributed by atoms with Crippen molar-refractivity contribution in [1.29, 1.82) is 0 Å². The molecule has 0 saturated carbocycles. The second kappa shape index (κ2) is 3.26. The van der Waals surface area contributed by atoms with Crippen LogP contribution >= 0.6 is 0 Å². The van der Waals surface area contributed by atoms with E-state index in [1.165, 1.54) is 0 Å². The molecule has 0 aromatic carbocycles. The van der Waals surface area contributed by atoms with Crippen molar-refractivity contribution in [2.45, 2.75) is 19.8 Å². The summed E-state index contributed by atoms with van der Waals surface area (Å²) in [4.78, 5) is 26.9. The quantitative estimate of drug-likeness (QED) is 0.504. The van der Waals surface area contributed by atoms with Gasteiger partial charge in [0.25, 0.3) is 0 Å². The van der Waals surface area contributed by atoms with Crippen LogP contribution in [0.3, 0.4) is 0 Å². The van der Waals surface area contributed by atoms with Gasteiger partial charge in [-0.25, -0.2) is 0 Å². The van der Waals surface area contributed by atoms with E-state index in [1.54, 1.807) is 12.3 Å². The molecule has 0 bridgehead atoms. The summed E-state index contributed by atoms with van der Waals surface area (Å²) in [6.45, 7) is -0.202. The molecule has 2 aliphatic rings. The lowest BCUT2D eigenvalue weighted by Gasteiger charge is -2.24. The highest BCUT2D eigenvalue weighted by molar-refractivity contribution is 6.90. The zero-order valence-electron chi connectivity index (χ0n) is 9.30. The van der Waals surface area contributed by atoms with Crippen molar-refractivity contribution in [2.24, 2.45) is 0 Å². The topological polar surface area (TPSA) is 65.5 Å². The minimum Gasteiger partial charge on any atom is -0.609 e. The molecule has 5 nitrogen and oxygen atoms in total. The SMILES string of the molecule is Cc1ccnc([B-]23OC(=O)C[C+]2CC(=O)O3)c1. The van der Waals surface area contributed by atoms with Crippen molar-refractivity contribution < 1.29 is 18.9 Å².